The smallest absolute Gasteiger partial charge is 0.342 e. The van der Waals surface area contributed by atoms with Crippen LogP contribution in [0.15, 0.2) is 6.20 Å². The van der Waals surface area contributed by atoms with Gasteiger partial charge in [-0.2, -0.15) is 0 Å². The normalized spacial score (nSPS) is 14.4. The minimum Gasteiger partial charge on any atom is -0.358 e. The van der Waals surface area contributed by atoms with Crippen molar-refractivity contribution in [2.45, 2.75) is 51.7 Å². The van der Waals surface area contributed by atoms with E-state index in [2.05, 4.69) is 4.98 Å². The van der Waals surface area contributed by atoms with Crippen LogP contribution in [0.2, 0.25) is 0 Å². The fourth-order valence-electron chi connectivity index (χ4n) is 1.79. The lowest BCUT2D eigenvalue weighted by Crippen LogP contribution is -2.26. The third-order valence-corrected chi connectivity index (χ3v) is 2.94. The lowest BCUT2D eigenvalue weighted by Gasteiger charge is -2.12. The molecule has 0 fully saturated rings. The van der Waals surface area contributed by atoms with Crippen LogP contribution >= 0.6 is 0 Å². The summed E-state index contributed by atoms with van der Waals surface area (Å²) in [6, 6.07) is 0.151. The van der Waals surface area contributed by atoms with Gasteiger partial charge in [-0.3, -0.25) is 0 Å². The first kappa shape index (κ1) is 14.6. The van der Waals surface area contributed by atoms with Gasteiger partial charge in [0, 0.05) is 25.4 Å². The first-order chi connectivity index (χ1) is 8.41. The average molecular weight is 255 g/mol. The Hall–Kier alpha value is -1.47. The van der Waals surface area contributed by atoms with Gasteiger partial charge >= 0.3 is 5.82 Å². The molecule has 1 heterocycles. The molecule has 0 aliphatic rings. The summed E-state index contributed by atoms with van der Waals surface area (Å²) in [7, 11) is 0. The van der Waals surface area contributed by atoms with E-state index in [-0.39, 0.29) is 17.9 Å². The van der Waals surface area contributed by atoms with Gasteiger partial charge in [0.2, 0.25) is 0 Å². The minimum absolute atomic E-state index is 0.0115. The van der Waals surface area contributed by atoms with Crippen molar-refractivity contribution in [2.24, 2.45) is 11.5 Å². The van der Waals surface area contributed by atoms with Crippen molar-refractivity contribution in [3.05, 3.63) is 22.1 Å². The van der Waals surface area contributed by atoms with E-state index in [0.717, 1.165) is 12.8 Å². The zero-order chi connectivity index (χ0) is 13.7. The van der Waals surface area contributed by atoms with Crippen molar-refractivity contribution < 1.29 is 4.92 Å². The van der Waals surface area contributed by atoms with Crippen molar-refractivity contribution in [1.82, 2.24) is 9.55 Å². The molecule has 4 N–H and O–H groups in total. The molecule has 0 bridgehead atoms. The van der Waals surface area contributed by atoms with Gasteiger partial charge in [0.05, 0.1) is 6.54 Å². The standard InChI is InChI=1S/C11H21N5O2/c1-8(12)3-4-10(13)5-6-15-9(2)14-7-11(15)16(17)18/h7-8,10H,3-6,12-13H2,1-2H3. The van der Waals surface area contributed by atoms with Gasteiger partial charge in [0.25, 0.3) is 0 Å². The van der Waals surface area contributed by atoms with E-state index < -0.39 is 4.92 Å². The highest BCUT2D eigenvalue weighted by molar-refractivity contribution is 5.18. The van der Waals surface area contributed by atoms with Gasteiger partial charge in [0.1, 0.15) is 6.20 Å². The van der Waals surface area contributed by atoms with E-state index in [1.807, 2.05) is 6.92 Å². The molecule has 1 aromatic rings. The molecule has 0 radical (unpaired) electrons. The van der Waals surface area contributed by atoms with Crippen molar-refractivity contribution in [2.75, 3.05) is 0 Å². The number of rotatable bonds is 7. The first-order valence-corrected chi connectivity index (χ1v) is 6.09. The topological polar surface area (TPSA) is 113 Å². The third kappa shape index (κ3) is 4.08. The highest BCUT2D eigenvalue weighted by atomic mass is 16.6. The largest absolute Gasteiger partial charge is 0.358 e. The van der Waals surface area contributed by atoms with Gasteiger partial charge < -0.3 is 21.6 Å². The molecule has 0 saturated heterocycles. The van der Waals surface area contributed by atoms with Gasteiger partial charge in [0.15, 0.2) is 5.82 Å². The Labute approximate surface area is 106 Å². The molecule has 2 atom stereocenters. The third-order valence-electron chi connectivity index (χ3n) is 2.94. The van der Waals surface area contributed by atoms with Crippen molar-refractivity contribution in [1.29, 1.82) is 0 Å². The van der Waals surface area contributed by atoms with Crippen LogP contribution in [0.3, 0.4) is 0 Å². The Morgan fingerprint density at radius 1 is 1.44 bits per heavy atom. The second-order valence-electron chi connectivity index (χ2n) is 4.68. The number of hydrogen-bond acceptors (Lipinski definition) is 5. The molecule has 7 nitrogen and oxygen atoms in total. The molecule has 0 aromatic carbocycles. The number of imidazole rings is 1. The molecule has 0 aliphatic heterocycles. The maximum absolute atomic E-state index is 10.8. The summed E-state index contributed by atoms with van der Waals surface area (Å²) < 4.78 is 1.59. The number of nitrogens with two attached hydrogens (primary N) is 2. The second kappa shape index (κ2) is 6.46. The Bertz CT molecular complexity index is 402. The van der Waals surface area contributed by atoms with Crippen LogP contribution in [0, 0.1) is 17.0 Å². The van der Waals surface area contributed by atoms with Crippen molar-refractivity contribution in [3.8, 4) is 0 Å². The van der Waals surface area contributed by atoms with Crippen LogP contribution in [0.5, 0.6) is 0 Å². The molecule has 0 spiro atoms. The highest BCUT2D eigenvalue weighted by Gasteiger charge is 2.17. The van der Waals surface area contributed by atoms with Gasteiger partial charge in [-0.15, -0.1) is 0 Å². The SMILES string of the molecule is Cc1ncc([N+](=O)[O-])n1CCC(N)CCC(C)N. The molecule has 0 aliphatic carbocycles. The Balaban J connectivity index is 2.52. The predicted molar refractivity (Wildman–Crippen MR) is 69.1 cm³/mol. The molecule has 0 amide bonds. The molecular formula is C11H21N5O2. The Morgan fingerprint density at radius 3 is 2.67 bits per heavy atom. The quantitative estimate of drug-likeness (QED) is 0.556. The summed E-state index contributed by atoms with van der Waals surface area (Å²) in [4.78, 5) is 14.3. The molecule has 2 unspecified atom stereocenters. The molecule has 1 rings (SSSR count). The lowest BCUT2D eigenvalue weighted by molar-refractivity contribution is -0.392. The van der Waals surface area contributed by atoms with Gasteiger partial charge in [-0.05, 0) is 24.7 Å². The highest BCUT2D eigenvalue weighted by Crippen LogP contribution is 2.15. The second-order valence-corrected chi connectivity index (χ2v) is 4.68. The lowest BCUT2D eigenvalue weighted by atomic mass is 10.1. The fraction of sp³-hybridized carbons (Fsp3) is 0.727. The van der Waals surface area contributed by atoms with Crippen molar-refractivity contribution in [3.63, 3.8) is 0 Å². The maximum atomic E-state index is 10.8. The molecule has 102 valence electrons. The van der Waals surface area contributed by atoms with Gasteiger partial charge in [-0.1, -0.05) is 0 Å². The maximum Gasteiger partial charge on any atom is 0.342 e. The summed E-state index contributed by atoms with van der Waals surface area (Å²) in [6.45, 7) is 4.21. The van der Waals surface area contributed by atoms with Crippen LogP contribution in [-0.2, 0) is 6.54 Å². The summed E-state index contributed by atoms with van der Waals surface area (Å²) in [6.07, 6.45) is 3.67. The zero-order valence-corrected chi connectivity index (χ0v) is 10.9. The van der Waals surface area contributed by atoms with E-state index in [4.69, 9.17) is 11.5 Å². The number of aromatic nitrogens is 2. The fourth-order valence-corrected chi connectivity index (χ4v) is 1.79. The van der Waals surface area contributed by atoms with Crippen LogP contribution in [0.25, 0.3) is 0 Å². The molecule has 1 aromatic heterocycles. The Kier molecular flexibility index (Phi) is 5.24. The van der Waals surface area contributed by atoms with Gasteiger partial charge in [-0.25, -0.2) is 9.55 Å². The summed E-state index contributed by atoms with van der Waals surface area (Å²) in [5.74, 6) is 0.660. The van der Waals surface area contributed by atoms with Crippen LogP contribution < -0.4 is 11.5 Å². The summed E-state index contributed by atoms with van der Waals surface area (Å²) in [5, 5.41) is 10.8. The van der Waals surface area contributed by atoms with Crippen LogP contribution in [-0.4, -0.2) is 26.6 Å². The van der Waals surface area contributed by atoms with E-state index in [1.165, 1.54) is 6.20 Å². The zero-order valence-electron chi connectivity index (χ0n) is 10.9. The first-order valence-electron chi connectivity index (χ1n) is 6.09. The van der Waals surface area contributed by atoms with E-state index >= 15 is 0 Å². The van der Waals surface area contributed by atoms with E-state index in [1.54, 1.807) is 11.5 Å². The molecule has 7 heteroatoms. The molecular weight excluding hydrogens is 234 g/mol. The van der Waals surface area contributed by atoms with Crippen LogP contribution in [0.4, 0.5) is 5.82 Å². The Morgan fingerprint density at radius 2 is 2.11 bits per heavy atom. The molecule has 0 saturated carbocycles. The summed E-state index contributed by atoms with van der Waals surface area (Å²) in [5.41, 5.74) is 11.6. The number of nitro groups is 1. The predicted octanol–water partition coefficient (Wildman–Crippen LogP) is 0.945. The number of nitrogens with zero attached hydrogens (tertiary/aromatic N) is 3. The molecule has 18 heavy (non-hydrogen) atoms. The van der Waals surface area contributed by atoms with E-state index in [9.17, 15) is 10.1 Å². The van der Waals surface area contributed by atoms with Crippen molar-refractivity contribution >= 4 is 5.82 Å². The number of aryl methyl sites for hydroxylation is 1. The minimum atomic E-state index is -0.423. The number of hydrogen-bond donors (Lipinski definition) is 2. The van der Waals surface area contributed by atoms with Crippen LogP contribution in [0.1, 0.15) is 32.0 Å². The average Bonchev–Trinajstić information content (AvgIpc) is 2.65. The van der Waals surface area contributed by atoms with E-state index in [0.29, 0.717) is 18.8 Å². The monoisotopic (exact) mass is 255 g/mol. The summed E-state index contributed by atoms with van der Waals surface area (Å²) >= 11 is 0.